The lowest BCUT2D eigenvalue weighted by molar-refractivity contribution is -0.918. The van der Waals surface area contributed by atoms with Gasteiger partial charge in [0.2, 0.25) is 5.91 Å². The fraction of sp³-hybridized carbons (Fsp3) is 0.474. The maximum atomic E-state index is 12.4. The lowest BCUT2D eigenvalue weighted by Crippen LogP contribution is -3.11. The number of rotatable bonds is 4. The lowest BCUT2D eigenvalue weighted by atomic mass is 10.1. The Morgan fingerprint density at radius 3 is 2.64 bits per heavy atom. The summed E-state index contributed by atoms with van der Waals surface area (Å²) in [6.45, 7) is 8.91. The van der Waals surface area contributed by atoms with Crippen molar-refractivity contribution in [2.75, 3.05) is 18.0 Å². The second-order valence-electron chi connectivity index (χ2n) is 6.88. The first-order valence-electron chi connectivity index (χ1n) is 8.81. The average Bonchev–Trinajstić information content (AvgIpc) is 2.99. The molecular weight excluding hydrogens is 354 g/mol. The first-order valence-corrected chi connectivity index (χ1v) is 10.1. The van der Waals surface area contributed by atoms with Crippen LogP contribution in [0.4, 0.5) is 10.8 Å². The van der Waals surface area contributed by atoms with Crippen molar-refractivity contribution >= 4 is 39.7 Å². The molecule has 0 unspecified atom stereocenters. The van der Waals surface area contributed by atoms with Crippen LogP contribution in [-0.2, 0) is 11.3 Å². The quantitative estimate of drug-likeness (QED) is 0.881. The maximum Gasteiger partial charge on any atom is 0.230 e. The summed E-state index contributed by atoms with van der Waals surface area (Å²) in [4.78, 5) is 20.3. The lowest BCUT2D eigenvalue weighted by Gasteiger charge is -2.23. The molecule has 1 aliphatic heterocycles. The van der Waals surface area contributed by atoms with Crippen LogP contribution in [-0.4, -0.2) is 24.0 Å². The van der Waals surface area contributed by atoms with Gasteiger partial charge in [0.25, 0.3) is 0 Å². The van der Waals surface area contributed by atoms with E-state index in [1.54, 1.807) is 16.7 Å². The number of aromatic nitrogens is 1. The van der Waals surface area contributed by atoms with E-state index in [9.17, 15) is 4.79 Å². The third-order valence-electron chi connectivity index (χ3n) is 4.66. The number of likely N-dealkylation sites (tertiary alicyclic amines) is 1. The number of quaternary nitrogens is 1. The number of thiazole rings is 1. The van der Waals surface area contributed by atoms with Crippen LogP contribution in [0.25, 0.3) is 0 Å². The van der Waals surface area contributed by atoms with Gasteiger partial charge in [-0.3, -0.25) is 9.69 Å². The van der Waals surface area contributed by atoms with Crippen LogP contribution in [0.2, 0.25) is 5.02 Å². The standard InChI is InChI=1S/C19H24ClN3OS/c1-13-9-14(2)18(17(20)10-13)23(15(3)24)19-21-16(12-25-19)11-22-7-5-4-6-8-22/h9-10,12H,4-8,11H2,1-3H3/p+1. The molecule has 0 saturated carbocycles. The van der Waals surface area contributed by atoms with Crippen LogP contribution in [0.3, 0.4) is 0 Å². The number of carbonyl (C=O) groups excluding carboxylic acids is 1. The van der Waals surface area contributed by atoms with E-state index in [1.165, 1.54) is 43.7 Å². The summed E-state index contributed by atoms with van der Waals surface area (Å²) < 4.78 is 0. The van der Waals surface area contributed by atoms with E-state index in [1.807, 2.05) is 26.0 Å². The molecule has 4 nitrogen and oxygen atoms in total. The highest BCUT2D eigenvalue weighted by molar-refractivity contribution is 7.14. The molecule has 6 heteroatoms. The Kier molecular flexibility index (Phi) is 5.77. The zero-order chi connectivity index (χ0) is 18.0. The number of anilines is 2. The van der Waals surface area contributed by atoms with Crippen LogP contribution >= 0.6 is 22.9 Å². The number of halogens is 1. The van der Waals surface area contributed by atoms with Crippen LogP contribution in [0.15, 0.2) is 17.5 Å². The van der Waals surface area contributed by atoms with Crippen molar-refractivity contribution < 1.29 is 9.69 Å². The van der Waals surface area contributed by atoms with E-state index in [0.717, 1.165) is 29.1 Å². The van der Waals surface area contributed by atoms with Gasteiger partial charge in [0.05, 0.1) is 23.8 Å². The number of aryl methyl sites for hydroxylation is 2. The summed E-state index contributed by atoms with van der Waals surface area (Å²) in [5.74, 6) is -0.0694. The molecule has 3 rings (SSSR count). The van der Waals surface area contributed by atoms with E-state index >= 15 is 0 Å². The Bertz CT molecular complexity index is 745. The largest absolute Gasteiger partial charge is 0.330 e. The van der Waals surface area contributed by atoms with Crippen LogP contribution in [0.5, 0.6) is 0 Å². The monoisotopic (exact) mass is 378 g/mol. The topological polar surface area (TPSA) is 37.6 Å². The molecule has 1 N–H and O–H groups in total. The highest BCUT2D eigenvalue weighted by atomic mass is 35.5. The second kappa shape index (κ2) is 7.85. The van der Waals surface area contributed by atoms with E-state index in [-0.39, 0.29) is 5.91 Å². The predicted octanol–water partition coefficient (Wildman–Crippen LogP) is 3.67. The number of benzene rings is 1. The highest BCUT2D eigenvalue weighted by Gasteiger charge is 2.24. The van der Waals surface area contributed by atoms with Crippen LogP contribution < -0.4 is 9.80 Å². The van der Waals surface area contributed by atoms with Crippen molar-refractivity contribution in [3.8, 4) is 0 Å². The van der Waals surface area contributed by atoms with Gasteiger partial charge in [-0.2, -0.15) is 0 Å². The molecule has 1 aromatic carbocycles. The number of amides is 1. The van der Waals surface area contributed by atoms with Gasteiger partial charge in [-0.25, -0.2) is 4.98 Å². The molecule has 1 fully saturated rings. The smallest absolute Gasteiger partial charge is 0.230 e. The Hall–Kier alpha value is -1.43. The third-order valence-corrected chi connectivity index (χ3v) is 5.82. The molecule has 0 radical (unpaired) electrons. The van der Waals surface area contributed by atoms with Gasteiger partial charge in [0.1, 0.15) is 12.2 Å². The maximum absolute atomic E-state index is 12.4. The molecule has 0 bridgehead atoms. The number of nitrogens with one attached hydrogen (secondary N) is 1. The number of nitrogens with zero attached hydrogens (tertiary/aromatic N) is 2. The molecule has 1 saturated heterocycles. The molecule has 25 heavy (non-hydrogen) atoms. The summed E-state index contributed by atoms with van der Waals surface area (Å²) in [7, 11) is 0. The zero-order valence-electron chi connectivity index (χ0n) is 15.1. The third kappa shape index (κ3) is 4.22. The normalized spacial score (nSPS) is 15.4. The van der Waals surface area contributed by atoms with Crippen LogP contribution in [0.1, 0.15) is 43.0 Å². The van der Waals surface area contributed by atoms with Crippen molar-refractivity contribution in [2.45, 2.75) is 46.6 Å². The molecule has 134 valence electrons. The van der Waals surface area contributed by atoms with Crippen molar-refractivity contribution in [2.24, 2.45) is 0 Å². The van der Waals surface area contributed by atoms with Crippen molar-refractivity contribution in [1.82, 2.24) is 4.98 Å². The van der Waals surface area contributed by atoms with E-state index in [2.05, 4.69) is 5.38 Å². The molecular formula is C19H25ClN3OS+. The summed E-state index contributed by atoms with van der Waals surface area (Å²) in [6.07, 6.45) is 3.93. The van der Waals surface area contributed by atoms with Gasteiger partial charge in [-0.05, 0) is 50.3 Å². The van der Waals surface area contributed by atoms with Crippen molar-refractivity contribution in [3.63, 3.8) is 0 Å². The minimum Gasteiger partial charge on any atom is -0.330 e. The van der Waals surface area contributed by atoms with Gasteiger partial charge in [-0.1, -0.05) is 17.7 Å². The number of hydrogen-bond donors (Lipinski definition) is 1. The Morgan fingerprint density at radius 1 is 1.28 bits per heavy atom. The molecule has 0 spiro atoms. The van der Waals surface area contributed by atoms with E-state index in [0.29, 0.717) is 10.2 Å². The average molecular weight is 379 g/mol. The minimum absolute atomic E-state index is 0.0694. The first kappa shape index (κ1) is 18.4. The highest BCUT2D eigenvalue weighted by Crippen LogP contribution is 2.37. The summed E-state index contributed by atoms with van der Waals surface area (Å²) in [6, 6.07) is 3.94. The Balaban J connectivity index is 1.88. The number of carbonyl (C=O) groups is 1. The number of hydrogen-bond acceptors (Lipinski definition) is 3. The number of piperidine rings is 1. The molecule has 1 aromatic heterocycles. The van der Waals surface area contributed by atoms with Gasteiger partial charge in [-0.15, -0.1) is 11.3 Å². The van der Waals surface area contributed by atoms with E-state index in [4.69, 9.17) is 16.6 Å². The summed E-state index contributed by atoms with van der Waals surface area (Å²) in [5.41, 5.74) is 3.87. The van der Waals surface area contributed by atoms with Gasteiger partial charge >= 0.3 is 0 Å². The second-order valence-corrected chi connectivity index (χ2v) is 8.12. The minimum atomic E-state index is -0.0694. The zero-order valence-corrected chi connectivity index (χ0v) is 16.6. The van der Waals surface area contributed by atoms with Crippen molar-refractivity contribution in [3.05, 3.63) is 39.4 Å². The van der Waals surface area contributed by atoms with Crippen LogP contribution in [0, 0.1) is 13.8 Å². The molecule has 1 amide bonds. The summed E-state index contributed by atoms with van der Waals surface area (Å²) in [5, 5.41) is 3.36. The van der Waals surface area contributed by atoms with Gasteiger partial charge in [0.15, 0.2) is 5.13 Å². The van der Waals surface area contributed by atoms with E-state index < -0.39 is 0 Å². The first-order chi connectivity index (χ1) is 12.0. The fourth-order valence-corrected chi connectivity index (χ4v) is 4.82. The van der Waals surface area contributed by atoms with Crippen molar-refractivity contribution in [1.29, 1.82) is 0 Å². The molecule has 1 aliphatic rings. The summed E-state index contributed by atoms with van der Waals surface area (Å²) >= 11 is 7.98. The fourth-order valence-electron chi connectivity index (χ4n) is 3.54. The molecule has 0 aliphatic carbocycles. The SMILES string of the molecule is CC(=O)N(c1nc(C[NH+]2CCCCC2)cs1)c1c(C)cc(C)cc1Cl. The predicted molar refractivity (Wildman–Crippen MR) is 104 cm³/mol. The van der Waals surface area contributed by atoms with Gasteiger partial charge in [0, 0.05) is 12.3 Å². The van der Waals surface area contributed by atoms with Gasteiger partial charge < -0.3 is 4.90 Å². The molecule has 2 aromatic rings. The Labute approximate surface area is 158 Å². The molecule has 0 atom stereocenters. The molecule has 2 heterocycles. The Morgan fingerprint density at radius 2 is 2.00 bits per heavy atom.